The topological polar surface area (TPSA) is 66.9 Å². The summed E-state index contributed by atoms with van der Waals surface area (Å²) in [6.07, 6.45) is 1.85. The van der Waals surface area contributed by atoms with Crippen LogP contribution in [0.1, 0.15) is 5.69 Å². The van der Waals surface area contributed by atoms with Crippen LogP contribution in [0.15, 0.2) is 54.0 Å². The maximum Gasteiger partial charge on any atom is 0.244 e. The fourth-order valence-electron chi connectivity index (χ4n) is 1.88. The Balaban J connectivity index is 1.56. The molecule has 1 aromatic carbocycles. The number of hydrazine groups is 1. The maximum absolute atomic E-state index is 12.8. The molecule has 1 amide bonds. The van der Waals surface area contributed by atoms with Crippen molar-refractivity contribution < 1.29 is 9.18 Å². The van der Waals surface area contributed by atoms with E-state index in [0.29, 0.717) is 11.4 Å². The average molecular weight is 328 g/mol. The van der Waals surface area contributed by atoms with Crippen LogP contribution in [0.2, 0.25) is 0 Å². The van der Waals surface area contributed by atoms with E-state index in [4.69, 9.17) is 0 Å². The number of benzene rings is 1. The largest absolute Gasteiger partial charge is 0.299 e. The van der Waals surface area contributed by atoms with Crippen LogP contribution in [0, 0.1) is 5.82 Å². The van der Waals surface area contributed by atoms with E-state index in [-0.39, 0.29) is 18.1 Å². The van der Waals surface area contributed by atoms with Crippen molar-refractivity contribution in [2.45, 2.75) is 6.42 Å². The second-order valence-electron chi connectivity index (χ2n) is 4.72. The van der Waals surface area contributed by atoms with Crippen molar-refractivity contribution in [3.63, 3.8) is 0 Å². The molecule has 3 rings (SSSR count). The van der Waals surface area contributed by atoms with Crippen molar-refractivity contribution in [2.75, 3.05) is 5.43 Å². The Hall–Kier alpha value is -2.80. The first kappa shape index (κ1) is 15.1. The van der Waals surface area contributed by atoms with Gasteiger partial charge < -0.3 is 0 Å². The monoisotopic (exact) mass is 328 g/mol. The molecule has 0 saturated heterocycles. The predicted molar refractivity (Wildman–Crippen MR) is 87.2 cm³/mol. The third-order valence-electron chi connectivity index (χ3n) is 2.97. The van der Waals surface area contributed by atoms with E-state index in [9.17, 15) is 9.18 Å². The van der Waals surface area contributed by atoms with Crippen molar-refractivity contribution in [2.24, 2.45) is 0 Å². The summed E-state index contributed by atoms with van der Waals surface area (Å²) in [5, 5.41) is 2.61. The molecule has 0 saturated carbocycles. The minimum Gasteiger partial charge on any atom is -0.299 e. The molecule has 2 N–H and O–H groups in total. The summed E-state index contributed by atoms with van der Waals surface area (Å²) in [7, 11) is 0. The van der Waals surface area contributed by atoms with Crippen LogP contribution in [0.4, 0.5) is 10.1 Å². The van der Waals surface area contributed by atoms with Gasteiger partial charge in [0.15, 0.2) is 0 Å². The summed E-state index contributed by atoms with van der Waals surface area (Å²) in [6, 6.07) is 11.3. The lowest BCUT2D eigenvalue weighted by Crippen LogP contribution is -2.30. The van der Waals surface area contributed by atoms with E-state index < -0.39 is 0 Å². The number of carbonyl (C=O) groups is 1. The number of nitrogens with zero attached hydrogens (tertiary/aromatic N) is 2. The van der Waals surface area contributed by atoms with Crippen molar-refractivity contribution in [1.29, 1.82) is 0 Å². The van der Waals surface area contributed by atoms with Crippen LogP contribution < -0.4 is 10.9 Å². The van der Waals surface area contributed by atoms with Gasteiger partial charge in [-0.15, -0.1) is 11.3 Å². The highest BCUT2D eigenvalue weighted by molar-refractivity contribution is 7.13. The SMILES string of the molecule is O=C(Cc1csc(-c2ccccn2)n1)NNc1ccc(F)cc1. The van der Waals surface area contributed by atoms with E-state index in [1.54, 1.807) is 6.20 Å². The second kappa shape index (κ2) is 6.97. The lowest BCUT2D eigenvalue weighted by atomic mass is 10.3. The molecule has 0 radical (unpaired) electrons. The van der Waals surface area contributed by atoms with Crippen LogP contribution in [-0.4, -0.2) is 15.9 Å². The highest BCUT2D eigenvalue weighted by atomic mass is 32.1. The number of halogens is 1. The number of aromatic nitrogens is 2. The van der Waals surface area contributed by atoms with Crippen molar-refractivity contribution in [3.05, 3.63) is 65.6 Å². The van der Waals surface area contributed by atoms with Gasteiger partial charge >= 0.3 is 0 Å². The zero-order valence-electron chi connectivity index (χ0n) is 12.0. The van der Waals surface area contributed by atoms with Gasteiger partial charge in [0, 0.05) is 11.6 Å². The highest BCUT2D eigenvalue weighted by Gasteiger charge is 2.09. The van der Waals surface area contributed by atoms with Crippen molar-refractivity contribution in [1.82, 2.24) is 15.4 Å². The van der Waals surface area contributed by atoms with Gasteiger partial charge in [-0.3, -0.25) is 20.6 Å². The molecule has 116 valence electrons. The minimum atomic E-state index is -0.327. The highest BCUT2D eigenvalue weighted by Crippen LogP contribution is 2.21. The van der Waals surface area contributed by atoms with Crippen LogP contribution in [0.3, 0.4) is 0 Å². The number of carbonyl (C=O) groups excluding carboxylic acids is 1. The van der Waals surface area contributed by atoms with Crippen LogP contribution >= 0.6 is 11.3 Å². The van der Waals surface area contributed by atoms with Gasteiger partial charge in [0.05, 0.1) is 23.5 Å². The molecular weight excluding hydrogens is 315 g/mol. The Labute approximate surface area is 136 Å². The molecule has 3 aromatic rings. The fraction of sp³-hybridized carbons (Fsp3) is 0.0625. The lowest BCUT2D eigenvalue weighted by Gasteiger charge is -2.07. The van der Waals surface area contributed by atoms with Gasteiger partial charge in [-0.1, -0.05) is 6.07 Å². The number of rotatable bonds is 5. The Morgan fingerprint density at radius 1 is 1.17 bits per heavy atom. The molecule has 0 spiro atoms. The predicted octanol–water partition coefficient (Wildman–Crippen LogP) is 3.03. The molecule has 23 heavy (non-hydrogen) atoms. The summed E-state index contributed by atoms with van der Waals surface area (Å²) in [4.78, 5) is 20.5. The van der Waals surface area contributed by atoms with Gasteiger partial charge in [0.1, 0.15) is 10.8 Å². The number of amides is 1. The third kappa shape index (κ3) is 4.10. The number of anilines is 1. The first-order valence-electron chi connectivity index (χ1n) is 6.87. The normalized spacial score (nSPS) is 10.3. The molecule has 7 heteroatoms. The van der Waals surface area contributed by atoms with Crippen LogP contribution in [0.25, 0.3) is 10.7 Å². The van der Waals surface area contributed by atoms with Crippen molar-refractivity contribution in [3.8, 4) is 10.7 Å². The second-order valence-corrected chi connectivity index (χ2v) is 5.57. The molecule has 0 fully saturated rings. The van der Waals surface area contributed by atoms with E-state index >= 15 is 0 Å². The molecule has 0 bridgehead atoms. The van der Waals surface area contributed by atoms with E-state index in [2.05, 4.69) is 20.8 Å². The maximum atomic E-state index is 12.8. The summed E-state index contributed by atoms with van der Waals surface area (Å²) in [5.41, 5.74) is 7.35. The van der Waals surface area contributed by atoms with E-state index in [1.807, 2.05) is 23.6 Å². The minimum absolute atomic E-state index is 0.150. The molecule has 0 aliphatic heterocycles. The number of hydrogen-bond donors (Lipinski definition) is 2. The number of nitrogens with one attached hydrogen (secondary N) is 2. The Morgan fingerprint density at radius 2 is 2.00 bits per heavy atom. The van der Waals surface area contributed by atoms with Gasteiger partial charge in [0.25, 0.3) is 0 Å². The molecule has 0 unspecified atom stereocenters. The average Bonchev–Trinajstić information content (AvgIpc) is 3.04. The first-order valence-corrected chi connectivity index (χ1v) is 7.75. The summed E-state index contributed by atoms with van der Waals surface area (Å²) in [5.74, 6) is -0.557. The Bertz CT molecular complexity index is 789. The zero-order chi connectivity index (χ0) is 16.1. The van der Waals surface area contributed by atoms with Gasteiger partial charge in [0.2, 0.25) is 5.91 Å². The first-order chi connectivity index (χ1) is 11.2. The molecule has 0 aliphatic carbocycles. The molecule has 2 heterocycles. The zero-order valence-corrected chi connectivity index (χ0v) is 12.8. The molecule has 2 aromatic heterocycles. The third-order valence-corrected chi connectivity index (χ3v) is 3.88. The van der Waals surface area contributed by atoms with Gasteiger partial charge in [-0.05, 0) is 36.4 Å². The lowest BCUT2D eigenvalue weighted by molar-refractivity contribution is -0.120. The molecule has 0 atom stereocenters. The summed E-state index contributed by atoms with van der Waals surface area (Å²) >= 11 is 1.45. The number of thiazole rings is 1. The Morgan fingerprint density at radius 3 is 2.74 bits per heavy atom. The fourth-order valence-corrected chi connectivity index (χ4v) is 2.67. The van der Waals surface area contributed by atoms with Crippen LogP contribution in [0.5, 0.6) is 0 Å². The molecular formula is C16H13FN4OS. The van der Waals surface area contributed by atoms with E-state index in [0.717, 1.165) is 10.7 Å². The summed E-state index contributed by atoms with van der Waals surface area (Å²) < 4.78 is 12.8. The summed E-state index contributed by atoms with van der Waals surface area (Å²) in [6.45, 7) is 0. The van der Waals surface area contributed by atoms with Crippen LogP contribution in [-0.2, 0) is 11.2 Å². The standard InChI is InChI=1S/C16H13FN4OS/c17-11-4-6-12(7-5-11)20-21-15(22)9-13-10-23-16(19-13)14-3-1-2-8-18-14/h1-8,10,20H,9H2,(H,21,22). The number of pyridine rings is 1. The number of hydrogen-bond acceptors (Lipinski definition) is 5. The molecule has 5 nitrogen and oxygen atoms in total. The smallest absolute Gasteiger partial charge is 0.244 e. The van der Waals surface area contributed by atoms with Gasteiger partial charge in [-0.25, -0.2) is 9.37 Å². The Kier molecular flexibility index (Phi) is 4.58. The van der Waals surface area contributed by atoms with Crippen molar-refractivity contribution >= 4 is 22.9 Å². The quantitative estimate of drug-likeness (QED) is 0.707. The van der Waals surface area contributed by atoms with E-state index in [1.165, 1.54) is 35.6 Å². The molecule has 0 aliphatic rings. The van der Waals surface area contributed by atoms with Gasteiger partial charge in [-0.2, -0.15) is 0 Å².